The Labute approximate surface area is 99.5 Å². The SMILES string of the molecule is CCS(=O)(=O)CCNc1ccc(F)c(Cl)c1. The molecule has 1 N–H and O–H groups in total. The first-order chi connectivity index (χ1) is 7.44. The number of rotatable bonds is 5. The molecule has 0 spiro atoms. The number of nitrogens with one attached hydrogen (secondary N) is 1. The van der Waals surface area contributed by atoms with E-state index in [2.05, 4.69) is 5.32 Å². The van der Waals surface area contributed by atoms with E-state index in [1.54, 1.807) is 6.92 Å². The van der Waals surface area contributed by atoms with Crippen LogP contribution in [-0.4, -0.2) is 26.5 Å². The molecule has 90 valence electrons. The van der Waals surface area contributed by atoms with Crippen LogP contribution in [0.4, 0.5) is 10.1 Å². The molecule has 0 saturated carbocycles. The van der Waals surface area contributed by atoms with Crippen LogP contribution in [0, 0.1) is 5.82 Å². The van der Waals surface area contributed by atoms with Gasteiger partial charge in [-0.2, -0.15) is 0 Å². The van der Waals surface area contributed by atoms with Gasteiger partial charge in [0.1, 0.15) is 5.82 Å². The van der Waals surface area contributed by atoms with E-state index < -0.39 is 15.7 Å². The highest BCUT2D eigenvalue weighted by Crippen LogP contribution is 2.18. The van der Waals surface area contributed by atoms with Crippen LogP contribution in [0.3, 0.4) is 0 Å². The van der Waals surface area contributed by atoms with Gasteiger partial charge in [-0.1, -0.05) is 18.5 Å². The van der Waals surface area contributed by atoms with Gasteiger partial charge in [0.25, 0.3) is 0 Å². The van der Waals surface area contributed by atoms with Crippen LogP contribution >= 0.6 is 11.6 Å². The Bertz CT molecular complexity index is 462. The van der Waals surface area contributed by atoms with Gasteiger partial charge in [-0.3, -0.25) is 0 Å². The predicted octanol–water partition coefficient (Wildman–Crippen LogP) is 2.33. The molecular formula is C10H13ClFNO2S. The summed E-state index contributed by atoms with van der Waals surface area (Å²) in [5, 5.41) is 2.89. The molecule has 1 rings (SSSR count). The van der Waals surface area contributed by atoms with Gasteiger partial charge in [0, 0.05) is 18.0 Å². The van der Waals surface area contributed by atoms with Crippen molar-refractivity contribution in [3.63, 3.8) is 0 Å². The Balaban J connectivity index is 2.53. The standard InChI is InChI=1S/C10H13ClFNO2S/c1-2-16(14,15)6-5-13-8-3-4-10(12)9(11)7-8/h3-4,7,13H,2,5-6H2,1H3. The quantitative estimate of drug-likeness (QED) is 0.889. The summed E-state index contributed by atoms with van der Waals surface area (Å²) in [6, 6.07) is 4.17. The molecule has 0 bridgehead atoms. The molecule has 1 aromatic rings. The number of sulfone groups is 1. The maximum absolute atomic E-state index is 12.8. The third kappa shape index (κ3) is 3.98. The lowest BCUT2D eigenvalue weighted by atomic mass is 10.3. The average molecular weight is 266 g/mol. The summed E-state index contributed by atoms with van der Waals surface area (Å²) in [6.07, 6.45) is 0. The normalized spacial score (nSPS) is 11.4. The third-order valence-electron chi connectivity index (χ3n) is 2.10. The topological polar surface area (TPSA) is 46.2 Å². The Morgan fingerprint density at radius 1 is 1.44 bits per heavy atom. The van der Waals surface area contributed by atoms with Crippen LogP contribution in [0.5, 0.6) is 0 Å². The van der Waals surface area contributed by atoms with Gasteiger partial charge < -0.3 is 5.32 Å². The van der Waals surface area contributed by atoms with E-state index in [4.69, 9.17) is 11.6 Å². The maximum Gasteiger partial charge on any atom is 0.151 e. The van der Waals surface area contributed by atoms with E-state index in [9.17, 15) is 12.8 Å². The average Bonchev–Trinajstić information content (AvgIpc) is 2.23. The van der Waals surface area contributed by atoms with Crippen molar-refractivity contribution in [3.8, 4) is 0 Å². The number of halogens is 2. The molecule has 0 aliphatic heterocycles. The Morgan fingerprint density at radius 2 is 2.12 bits per heavy atom. The van der Waals surface area contributed by atoms with E-state index in [0.29, 0.717) is 5.69 Å². The van der Waals surface area contributed by atoms with Crippen molar-refractivity contribution in [1.82, 2.24) is 0 Å². The van der Waals surface area contributed by atoms with E-state index in [1.165, 1.54) is 18.2 Å². The first-order valence-corrected chi connectivity index (χ1v) is 7.04. The van der Waals surface area contributed by atoms with E-state index in [1.807, 2.05) is 0 Å². The Hall–Kier alpha value is -0.810. The highest BCUT2D eigenvalue weighted by Gasteiger charge is 2.06. The molecule has 1 aromatic carbocycles. The first kappa shape index (κ1) is 13.3. The Morgan fingerprint density at radius 3 is 2.69 bits per heavy atom. The van der Waals surface area contributed by atoms with Crippen molar-refractivity contribution in [3.05, 3.63) is 29.0 Å². The Kier molecular flexibility index (Phi) is 4.56. The molecule has 0 aliphatic carbocycles. The molecule has 0 atom stereocenters. The summed E-state index contributed by atoms with van der Waals surface area (Å²) in [6.45, 7) is 1.89. The van der Waals surface area contributed by atoms with Crippen LogP contribution in [-0.2, 0) is 9.84 Å². The van der Waals surface area contributed by atoms with Crippen molar-refractivity contribution in [2.45, 2.75) is 6.92 Å². The molecule has 0 unspecified atom stereocenters. The number of anilines is 1. The monoisotopic (exact) mass is 265 g/mol. The summed E-state index contributed by atoms with van der Waals surface area (Å²) in [5.74, 6) is -0.314. The second kappa shape index (κ2) is 5.50. The zero-order valence-electron chi connectivity index (χ0n) is 8.83. The van der Waals surface area contributed by atoms with Crippen molar-refractivity contribution in [2.24, 2.45) is 0 Å². The van der Waals surface area contributed by atoms with Crippen molar-refractivity contribution in [2.75, 3.05) is 23.4 Å². The lowest BCUT2D eigenvalue weighted by molar-refractivity contribution is 0.597. The van der Waals surface area contributed by atoms with Gasteiger partial charge in [0.15, 0.2) is 9.84 Å². The smallest absolute Gasteiger partial charge is 0.151 e. The van der Waals surface area contributed by atoms with E-state index in [0.717, 1.165) is 0 Å². The molecule has 0 radical (unpaired) electrons. The second-order valence-corrected chi connectivity index (χ2v) is 6.17. The first-order valence-electron chi connectivity index (χ1n) is 4.84. The van der Waals surface area contributed by atoms with Crippen LogP contribution < -0.4 is 5.32 Å². The molecule has 3 nitrogen and oxygen atoms in total. The summed E-state index contributed by atoms with van der Waals surface area (Å²) >= 11 is 5.58. The van der Waals surface area contributed by atoms with Gasteiger partial charge in [-0.15, -0.1) is 0 Å². The minimum absolute atomic E-state index is 0.0170. The lowest BCUT2D eigenvalue weighted by Crippen LogP contribution is -2.17. The van der Waals surface area contributed by atoms with Gasteiger partial charge in [-0.25, -0.2) is 12.8 Å². The fraction of sp³-hybridized carbons (Fsp3) is 0.400. The summed E-state index contributed by atoms with van der Waals surface area (Å²) in [7, 11) is -2.98. The van der Waals surface area contributed by atoms with Gasteiger partial charge in [-0.05, 0) is 18.2 Å². The summed E-state index contributed by atoms with van der Waals surface area (Å²) in [5.41, 5.74) is 0.609. The largest absolute Gasteiger partial charge is 0.384 e. The molecule has 16 heavy (non-hydrogen) atoms. The summed E-state index contributed by atoms with van der Waals surface area (Å²) < 4.78 is 35.2. The zero-order chi connectivity index (χ0) is 12.2. The fourth-order valence-corrected chi connectivity index (χ4v) is 1.98. The molecule has 0 aliphatic rings. The third-order valence-corrected chi connectivity index (χ3v) is 4.10. The molecule has 0 amide bonds. The highest BCUT2D eigenvalue weighted by atomic mass is 35.5. The number of hydrogen-bond donors (Lipinski definition) is 1. The lowest BCUT2D eigenvalue weighted by Gasteiger charge is -2.06. The maximum atomic E-state index is 12.8. The molecule has 0 fully saturated rings. The van der Waals surface area contributed by atoms with Gasteiger partial charge >= 0.3 is 0 Å². The van der Waals surface area contributed by atoms with Crippen LogP contribution in [0.2, 0.25) is 5.02 Å². The van der Waals surface area contributed by atoms with E-state index >= 15 is 0 Å². The number of hydrogen-bond acceptors (Lipinski definition) is 3. The zero-order valence-corrected chi connectivity index (χ0v) is 10.4. The van der Waals surface area contributed by atoms with Crippen molar-refractivity contribution < 1.29 is 12.8 Å². The number of benzene rings is 1. The van der Waals surface area contributed by atoms with Crippen LogP contribution in [0.1, 0.15) is 6.92 Å². The molecule has 0 heterocycles. The molecule has 6 heteroatoms. The minimum atomic E-state index is -2.98. The van der Waals surface area contributed by atoms with Crippen molar-refractivity contribution in [1.29, 1.82) is 0 Å². The molecule has 0 aromatic heterocycles. The predicted molar refractivity (Wildman–Crippen MR) is 64.2 cm³/mol. The summed E-state index contributed by atoms with van der Waals surface area (Å²) in [4.78, 5) is 0. The molecular weight excluding hydrogens is 253 g/mol. The fourth-order valence-electron chi connectivity index (χ4n) is 1.10. The van der Waals surface area contributed by atoms with Crippen LogP contribution in [0.25, 0.3) is 0 Å². The second-order valence-electron chi connectivity index (χ2n) is 3.29. The van der Waals surface area contributed by atoms with Crippen LogP contribution in [0.15, 0.2) is 18.2 Å². The van der Waals surface area contributed by atoms with E-state index in [-0.39, 0.29) is 23.1 Å². The van der Waals surface area contributed by atoms with Crippen molar-refractivity contribution >= 4 is 27.1 Å². The molecule has 0 saturated heterocycles. The highest BCUT2D eigenvalue weighted by molar-refractivity contribution is 7.91. The minimum Gasteiger partial charge on any atom is -0.384 e. The van der Waals surface area contributed by atoms with Gasteiger partial charge in [0.05, 0.1) is 10.8 Å². The van der Waals surface area contributed by atoms with Gasteiger partial charge in [0.2, 0.25) is 0 Å².